The number of fused-ring (bicyclic) bond motifs is 2. The number of thioether (sulfide) groups is 1. The van der Waals surface area contributed by atoms with Crippen LogP contribution < -0.4 is 5.32 Å². The molecule has 2 nitrogen and oxygen atoms in total. The minimum absolute atomic E-state index is 0.586. The number of alkyl halides is 1. The Bertz CT molecular complexity index is 400. The average Bonchev–Trinajstić information content (AvgIpc) is 2.80. The van der Waals surface area contributed by atoms with Crippen LogP contribution in [0.2, 0.25) is 0 Å². The normalized spacial score (nSPS) is 49.1. The van der Waals surface area contributed by atoms with E-state index in [0.717, 1.165) is 21.4 Å². The van der Waals surface area contributed by atoms with E-state index in [0.29, 0.717) is 12.2 Å². The first-order chi connectivity index (χ1) is 9.28. The van der Waals surface area contributed by atoms with Gasteiger partial charge in [0, 0.05) is 27.1 Å². The van der Waals surface area contributed by atoms with Crippen molar-refractivity contribution in [1.82, 2.24) is 10.2 Å². The standard InChI is InChI=1S/C15H23BrN2S/c1-2-14-17-10-4-3-5-13-15(10)18(14)11-8-9(16)6-7-12(11)19-13/h4,9,11-15,17H,2-3,5-8H2,1H3. The molecular formula is C15H23BrN2S. The maximum atomic E-state index is 3.88. The average molecular weight is 343 g/mol. The van der Waals surface area contributed by atoms with Gasteiger partial charge in [-0.15, -0.1) is 0 Å². The molecule has 6 atom stereocenters. The van der Waals surface area contributed by atoms with Gasteiger partial charge >= 0.3 is 0 Å². The number of nitrogens with zero attached hydrogens (tertiary/aromatic N) is 1. The molecule has 2 saturated heterocycles. The summed E-state index contributed by atoms with van der Waals surface area (Å²) in [6.07, 6.45) is 11.1. The zero-order valence-electron chi connectivity index (χ0n) is 11.5. The molecule has 6 unspecified atom stereocenters. The molecule has 2 heterocycles. The molecule has 4 rings (SSSR count). The Balaban J connectivity index is 1.69. The highest BCUT2D eigenvalue weighted by Crippen LogP contribution is 2.50. The van der Waals surface area contributed by atoms with Gasteiger partial charge in [-0.05, 0) is 38.5 Å². The summed E-state index contributed by atoms with van der Waals surface area (Å²) in [5, 5.41) is 5.54. The van der Waals surface area contributed by atoms with Gasteiger partial charge in [-0.25, -0.2) is 0 Å². The van der Waals surface area contributed by atoms with Crippen molar-refractivity contribution in [1.29, 1.82) is 0 Å². The van der Waals surface area contributed by atoms with Crippen LogP contribution in [-0.2, 0) is 0 Å². The minimum Gasteiger partial charge on any atom is -0.372 e. The van der Waals surface area contributed by atoms with E-state index >= 15 is 0 Å². The summed E-state index contributed by atoms with van der Waals surface area (Å²) < 4.78 is 0. The maximum absolute atomic E-state index is 3.88. The Hall–Kier alpha value is 0.330. The molecule has 1 saturated carbocycles. The van der Waals surface area contributed by atoms with E-state index in [4.69, 9.17) is 0 Å². The van der Waals surface area contributed by atoms with Crippen molar-refractivity contribution in [2.24, 2.45) is 0 Å². The van der Waals surface area contributed by atoms with Crippen LogP contribution in [0.25, 0.3) is 0 Å². The summed E-state index contributed by atoms with van der Waals surface area (Å²) in [6, 6.07) is 1.48. The molecule has 3 fully saturated rings. The molecule has 0 radical (unpaired) electrons. The molecule has 0 amide bonds. The molecule has 106 valence electrons. The molecule has 2 aliphatic heterocycles. The third kappa shape index (κ3) is 2.01. The fraction of sp³-hybridized carbons (Fsp3) is 0.867. The number of allylic oxidation sites excluding steroid dienone is 1. The van der Waals surface area contributed by atoms with E-state index in [2.05, 4.69) is 50.9 Å². The van der Waals surface area contributed by atoms with Crippen molar-refractivity contribution < 1.29 is 0 Å². The Morgan fingerprint density at radius 3 is 3.11 bits per heavy atom. The Kier molecular flexibility index (Phi) is 3.40. The van der Waals surface area contributed by atoms with Crippen molar-refractivity contribution >= 4 is 27.7 Å². The monoisotopic (exact) mass is 342 g/mol. The summed E-state index contributed by atoms with van der Waals surface area (Å²) in [7, 11) is 0. The lowest BCUT2D eigenvalue weighted by atomic mass is 9.89. The van der Waals surface area contributed by atoms with Gasteiger partial charge in [0.25, 0.3) is 0 Å². The molecule has 4 heteroatoms. The van der Waals surface area contributed by atoms with Crippen molar-refractivity contribution in [3.05, 3.63) is 11.8 Å². The van der Waals surface area contributed by atoms with Crippen LogP contribution in [0, 0.1) is 0 Å². The summed E-state index contributed by atoms with van der Waals surface area (Å²) >= 11 is 6.20. The predicted octanol–water partition coefficient (Wildman–Crippen LogP) is 3.47. The lowest BCUT2D eigenvalue weighted by molar-refractivity contribution is 0.0897. The first-order valence-electron chi connectivity index (χ1n) is 7.81. The lowest BCUT2D eigenvalue weighted by Gasteiger charge is -2.51. The summed E-state index contributed by atoms with van der Waals surface area (Å²) in [5.41, 5.74) is 1.55. The van der Waals surface area contributed by atoms with Crippen LogP contribution in [0.5, 0.6) is 0 Å². The van der Waals surface area contributed by atoms with Gasteiger partial charge in [0.2, 0.25) is 0 Å². The zero-order valence-corrected chi connectivity index (χ0v) is 13.9. The molecule has 0 spiro atoms. The number of rotatable bonds is 1. The molecule has 0 aromatic carbocycles. The smallest absolute Gasteiger partial charge is 0.0797 e. The minimum atomic E-state index is 0.586. The van der Waals surface area contributed by atoms with Crippen LogP contribution >= 0.6 is 27.7 Å². The van der Waals surface area contributed by atoms with Gasteiger partial charge in [-0.3, -0.25) is 4.90 Å². The fourth-order valence-corrected chi connectivity index (χ4v) is 7.01. The Labute approximate surface area is 128 Å². The second kappa shape index (κ2) is 4.96. The lowest BCUT2D eigenvalue weighted by Crippen LogP contribution is -2.59. The molecule has 0 aromatic rings. The highest BCUT2D eigenvalue weighted by molar-refractivity contribution is 9.09. The van der Waals surface area contributed by atoms with Gasteiger partial charge < -0.3 is 5.32 Å². The first-order valence-corrected chi connectivity index (χ1v) is 9.67. The van der Waals surface area contributed by atoms with Crippen molar-refractivity contribution in [2.45, 2.75) is 79.0 Å². The van der Waals surface area contributed by atoms with Crippen LogP contribution in [0.4, 0.5) is 0 Å². The van der Waals surface area contributed by atoms with Gasteiger partial charge in [0.15, 0.2) is 0 Å². The van der Waals surface area contributed by atoms with E-state index < -0.39 is 0 Å². The fourth-order valence-electron chi connectivity index (χ4n) is 4.50. The van der Waals surface area contributed by atoms with Gasteiger partial charge in [0.1, 0.15) is 0 Å². The molecule has 1 N–H and O–H groups in total. The molecule has 19 heavy (non-hydrogen) atoms. The van der Waals surface area contributed by atoms with E-state index in [1.165, 1.54) is 38.5 Å². The summed E-state index contributed by atoms with van der Waals surface area (Å²) in [5.74, 6) is 0. The quantitative estimate of drug-likeness (QED) is 0.734. The molecule has 0 aromatic heterocycles. The first kappa shape index (κ1) is 13.0. The second-order valence-corrected chi connectivity index (χ2v) is 9.17. The van der Waals surface area contributed by atoms with Crippen LogP contribution in [0.1, 0.15) is 45.4 Å². The van der Waals surface area contributed by atoms with E-state index in [1.54, 1.807) is 5.70 Å². The van der Waals surface area contributed by atoms with Crippen LogP contribution in [0.15, 0.2) is 11.8 Å². The number of halogens is 1. The van der Waals surface area contributed by atoms with E-state index in [1.807, 2.05) is 0 Å². The van der Waals surface area contributed by atoms with Crippen molar-refractivity contribution in [3.63, 3.8) is 0 Å². The number of hydrogen-bond donors (Lipinski definition) is 1. The number of hydrogen-bond acceptors (Lipinski definition) is 3. The highest BCUT2D eigenvalue weighted by atomic mass is 79.9. The summed E-state index contributed by atoms with van der Waals surface area (Å²) in [4.78, 5) is 3.60. The zero-order chi connectivity index (χ0) is 13.0. The Morgan fingerprint density at radius 2 is 2.26 bits per heavy atom. The Morgan fingerprint density at radius 1 is 1.37 bits per heavy atom. The largest absolute Gasteiger partial charge is 0.372 e. The topological polar surface area (TPSA) is 15.3 Å². The van der Waals surface area contributed by atoms with Crippen molar-refractivity contribution in [2.75, 3.05) is 0 Å². The van der Waals surface area contributed by atoms with Gasteiger partial charge in [0.05, 0.1) is 12.2 Å². The van der Waals surface area contributed by atoms with Crippen LogP contribution in [0.3, 0.4) is 0 Å². The van der Waals surface area contributed by atoms with Crippen molar-refractivity contribution in [3.8, 4) is 0 Å². The third-order valence-electron chi connectivity index (χ3n) is 5.31. The van der Waals surface area contributed by atoms with Gasteiger partial charge in [-0.2, -0.15) is 11.8 Å². The van der Waals surface area contributed by atoms with E-state index in [9.17, 15) is 0 Å². The molecule has 0 bridgehead atoms. The maximum Gasteiger partial charge on any atom is 0.0797 e. The third-order valence-corrected chi connectivity index (χ3v) is 7.88. The second-order valence-electron chi connectivity index (χ2n) is 6.39. The number of nitrogens with one attached hydrogen (secondary N) is 1. The predicted molar refractivity (Wildman–Crippen MR) is 85.7 cm³/mol. The molecule has 4 aliphatic rings. The molecule has 2 aliphatic carbocycles. The SMILES string of the molecule is CCC1NC2=CCCC3SC4CCC(Br)CC4N1C23. The van der Waals surface area contributed by atoms with E-state index in [-0.39, 0.29) is 0 Å². The van der Waals surface area contributed by atoms with Gasteiger partial charge in [-0.1, -0.05) is 28.9 Å². The summed E-state index contributed by atoms with van der Waals surface area (Å²) in [6.45, 7) is 2.33. The highest BCUT2D eigenvalue weighted by Gasteiger charge is 2.52. The molecular weight excluding hydrogens is 320 g/mol. The van der Waals surface area contributed by atoms with Crippen LogP contribution in [-0.4, -0.2) is 38.5 Å².